The fourth-order valence-corrected chi connectivity index (χ4v) is 2.58. The molecule has 0 saturated heterocycles. The Hall–Kier alpha value is -3.43. The zero-order valence-electron chi connectivity index (χ0n) is 16.6. The third kappa shape index (κ3) is 6.59. The highest BCUT2D eigenvalue weighted by Gasteiger charge is 2.42. The number of ether oxygens (including phenoxy) is 3. The first-order valence-electron chi connectivity index (χ1n) is 8.62. The van der Waals surface area contributed by atoms with Crippen molar-refractivity contribution in [2.75, 3.05) is 27.9 Å². The van der Waals surface area contributed by atoms with E-state index in [0.717, 1.165) is 21.3 Å². The van der Waals surface area contributed by atoms with Crippen molar-refractivity contribution in [3.63, 3.8) is 0 Å². The quantitative estimate of drug-likeness (QED) is 0.322. The largest absolute Gasteiger partial charge is 0.468 e. The van der Waals surface area contributed by atoms with Crippen molar-refractivity contribution in [3.05, 3.63) is 35.9 Å². The SMILES string of the molecule is COC(=O)C(C(=O)OC)[C@H](C)[C@@H](NC(=O)CNC(=O)c1ccccc1)C(=O)OC. The van der Waals surface area contributed by atoms with Crippen LogP contribution < -0.4 is 10.6 Å². The molecule has 0 heterocycles. The number of esters is 3. The van der Waals surface area contributed by atoms with Crippen LogP contribution >= 0.6 is 0 Å². The molecule has 29 heavy (non-hydrogen) atoms. The van der Waals surface area contributed by atoms with Crippen LogP contribution in [0.1, 0.15) is 17.3 Å². The van der Waals surface area contributed by atoms with Crippen molar-refractivity contribution in [1.29, 1.82) is 0 Å². The van der Waals surface area contributed by atoms with Crippen molar-refractivity contribution in [2.45, 2.75) is 13.0 Å². The summed E-state index contributed by atoms with van der Waals surface area (Å²) in [4.78, 5) is 60.4. The molecule has 0 radical (unpaired) electrons. The highest BCUT2D eigenvalue weighted by atomic mass is 16.5. The summed E-state index contributed by atoms with van der Waals surface area (Å²) in [7, 11) is 3.25. The molecule has 1 rings (SSSR count). The summed E-state index contributed by atoms with van der Waals surface area (Å²) < 4.78 is 13.8. The first kappa shape index (κ1) is 23.6. The van der Waals surface area contributed by atoms with E-state index in [1.165, 1.54) is 6.92 Å². The lowest BCUT2D eigenvalue weighted by Gasteiger charge is -2.27. The standard InChI is InChI=1S/C19H24N2O8/c1-11(14(17(24)27-2)18(25)28-3)15(19(26)29-4)21-13(22)10-20-16(23)12-8-6-5-7-9-12/h5-9,11,14-15H,10H2,1-4H3,(H,20,23)(H,21,22)/t11-,15+/m0/s1. The second-order valence-corrected chi connectivity index (χ2v) is 6.00. The van der Waals surface area contributed by atoms with Gasteiger partial charge in [0.05, 0.1) is 27.9 Å². The van der Waals surface area contributed by atoms with Crippen molar-refractivity contribution in [2.24, 2.45) is 11.8 Å². The van der Waals surface area contributed by atoms with E-state index < -0.39 is 54.1 Å². The third-order valence-electron chi connectivity index (χ3n) is 4.18. The van der Waals surface area contributed by atoms with Crippen molar-refractivity contribution >= 4 is 29.7 Å². The monoisotopic (exact) mass is 408 g/mol. The molecule has 2 amide bonds. The minimum Gasteiger partial charge on any atom is -0.468 e. The molecule has 2 atom stereocenters. The lowest BCUT2D eigenvalue weighted by molar-refractivity contribution is -0.163. The van der Waals surface area contributed by atoms with E-state index in [4.69, 9.17) is 0 Å². The Morgan fingerprint density at radius 3 is 1.86 bits per heavy atom. The van der Waals surface area contributed by atoms with Crippen LogP contribution in [0.15, 0.2) is 30.3 Å². The highest BCUT2D eigenvalue weighted by molar-refractivity contribution is 5.98. The summed E-state index contributed by atoms with van der Waals surface area (Å²) >= 11 is 0. The van der Waals surface area contributed by atoms with Gasteiger partial charge in [-0.25, -0.2) is 4.79 Å². The Morgan fingerprint density at radius 2 is 1.38 bits per heavy atom. The molecular weight excluding hydrogens is 384 g/mol. The maximum Gasteiger partial charge on any atom is 0.328 e. The molecule has 10 nitrogen and oxygen atoms in total. The topological polar surface area (TPSA) is 137 Å². The zero-order valence-corrected chi connectivity index (χ0v) is 16.6. The van der Waals surface area contributed by atoms with Crippen LogP contribution in [-0.4, -0.2) is 63.6 Å². The van der Waals surface area contributed by atoms with Crippen molar-refractivity contribution < 1.29 is 38.2 Å². The summed E-state index contributed by atoms with van der Waals surface area (Å²) in [6.07, 6.45) is 0. The van der Waals surface area contributed by atoms with Crippen LogP contribution in [0.25, 0.3) is 0 Å². The number of hydrogen-bond donors (Lipinski definition) is 2. The Bertz CT molecular complexity index is 734. The van der Waals surface area contributed by atoms with Gasteiger partial charge in [0, 0.05) is 11.5 Å². The predicted molar refractivity (Wildman–Crippen MR) is 99.4 cm³/mol. The van der Waals surface area contributed by atoms with Gasteiger partial charge >= 0.3 is 17.9 Å². The lowest BCUT2D eigenvalue weighted by Crippen LogP contribution is -2.52. The maximum atomic E-state index is 12.2. The minimum absolute atomic E-state index is 0.356. The van der Waals surface area contributed by atoms with Crippen molar-refractivity contribution in [3.8, 4) is 0 Å². The van der Waals surface area contributed by atoms with Gasteiger partial charge in [0.15, 0.2) is 5.92 Å². The normalized spacial score (nSPS) is 12.3. The van der Waals surface area contributed by atoms with Gasteiger partial charge in [0.2, 0.25) is 5.91 Å². The van der Waals surface area contributed by atoms with Crippen LogP contribution in [0.4, 0.5) is 0 Å². The summed E-state index contributed by atoms with van der Waals surface area (Å²) in [6.45, 7) is 0.956. The van der Waals surface area contributed by atoms with Gasteiger partial charge < -0.3 is 24.8 Å². The van der Waals surface area contributed by atoms with Gasteiger partial charge in [-0.15, -0.1) is 0 Å². The Morgan fingerprint density at radius 1 is 0.862 bits per heavy atom. The number of amides is 2. The summed E-state index contributed by atoms with van der Waals surface area (Å²) in [6, 6.07) is 6.87. The first-order chi connectivity index (χ1) is 13.8. The molecule has 0 aliphatic carbocycles. The molecule has 0 spiro atoms. The number of rotatable bonds is 9. The number of carbonyl (C=O) groups is 5. The number of nitrogens with one attached hydrogen (secondary N) is 2. The molecule has 1 aromatic carbocycles. The number of benzene rings is 1. The molecular formula is C19H24N2O8. The zero-order chi connectivity index (χ0) is 22.0. The third-order valence-corrected chi connectivity index (χ3v) is 4.18. The number of methoxy groups -OCH3 is 3. The second-order valence-electron chi connectivity index (χ2n) is 6.00. The Labute approximate surface area is 167 Å². The second kappa shape index (κ2) is 11.4. The van der Waals surface area contributed by atoms with E-state index in [0.29, 0.717) is 5.56 Å². The molecule has 0 aliphatic heterocycles. The molecule has 10 heteroatoms. The molecule has 0 fully saturated rings. The van der Waals surface area contributed by atoms with Gasteiger partial charge in [-0.3, -0.25) is 19.2 Å². The average molecular weight is 408 g/mol. The molecule has 0 unspecified atom stereocenters. The van der Waals surface area contributed by atoms with E-state index in [1.54, 1.807) is 30.3 Å². The molecule has 0 bridgehead atoms. The predicted octanol–water partition coefficient (Wildman–Crippen LogP) is -0.327. The smallest absolute Gasteiger partial charge is 0.328 e. The van der Waals surface area contributed by atoms with Crippen LogP contribution in [0, 0.1) is 11.8 Å². The van der Waals surface area contributed by atoms with E-state index >= 15 is 0 Å². The average Bonchev–Trinajstić information content (AvgIpc) is 2.75. The molecule has 0 aliphatic rings. The molecule has 2 N–H and O–H groups in total. The van der Waals surface area contributed by atoms with Crippen LogP contribution in [0.3, 0.4) is 0 Å². The number of carbonyl (C=O) groups excluding carboxylic acids is 5. The number of hydrogen-bond acceptors (Lipinski definition) is 8. The maximum absolute atomic E-state index is 12.2. The lowest BCUT2D eigenvalue weighted by atomic mass is 9.87. The summed E-state index contributed by atoms with van der Waals surface area (Å²) in [5.41, 5.74) is 0.356. The summed E-state index contributed by atoms with van der Waals surface area (Å²) in [5.74, 6) is -6.44. The molecule has 1 aromatic rings. The Balaban J connectivity index is 2.87. The first-order valence-corrected chi connectivity index (χ1v) is 8.62. The van der Waals surface area contributed by atoms with Gasteiger partial charge in [0.25, 0.3) is 5.91 Å². The molecule has 158 valence electrons. The fraction of sp³-hybridized carbons (Fsp3) is 0.421. The minimum atomic E-state index is -1.46. The summed E-state index contributed by atoms with van der Waals surface area (Å²) in [5, 5.41) is 4.78. The van der Waals surface area contributed by atoms with E-state index in [2.05, 4.69) is 24.8 Å². The van der Waals surface area contributed by atoms with Crippen LogP contribution in [-0.2, 0) is 33.4 Å². The Kier molecular flexibility index (Phi) is 9.30. The van der Waals surface area contributed by atoms with E-state index in [1.807, 2.05) is 0 Å². The fourth-order valence-electron chi connectivity index (χ4n) is 2.58. The van der Waals surface area contributed by atoms with Gasteiger partial charge in [-0.05, 0) is 12.1 Å². The van der Waals surface area contributed by atoms with E-state index in [-0.39, 0.29) is 0 Å². The van der Waals surface area contributed by atoms with Crippen molar-refractivity contribution in [1.82, 2.24) is 10.6 Å². The highest BCUT2D eigenvalue weighted by Crippen LogP contribution is 2.20. The van der Waals surface area contributed by atoms with Gasteiger partial charge in [-0.1, -0.05) is 25.1 Å². The van der Waals surface area contributed by atoms with Gasteiger partial charge in [-0.2, -0.15) is 0 Å². The molecule has 0 aromatic heterocycles. The molecule has 0 saturated carbocycles. The van der Waals surface area contributed by atoms with Crippen LogP contribution in [0.2, 0.25) is 0 Å². The van der Waals surface area contributed by atoms with Crippen LogP contribution in [0.5, 0.6) is 0 Å². The van der Waals surface area contributed by atoms with Gasteiger partial charge in [0.1, 0.15) is 6.04 Å². The van der Waals surface area contributed by atoms with E-state index in [9.17, 15) is 24.0 Å².